The van der Waals surface area contributed by atoms with E-state index in [1.807, 2.05) is 31.6 Å². The molecule has 6 heteroatoms. The Balaban J connectivity index is 1.70. The van der Waals surface area contributed by atoms with Gasteiger partial charge in [0.05, 0.1) is 13.3 Å². The fraction of sp³-hybridized carbons (Fsp3) is 0.188. The van der Waals surface area contributed by atoms with Gasteiger partial charge < -0.3 is 10.1 Å². The number of aromatic nitrogens is 4. The Bertz CT molecular complexity index is 751. The van der Waals surface area contributed by atoms with Crippen molar-refractivity contribution in [3.63, 3.8) is 0 Å². The van der Waals surface area contributed by atoms with Crippen molar-refractivity contribution >= 4 is 5.82 Å². The second-order valence-corrected chi connectivity index (χ2v) is 4.92. The number of benzene rings is 1. The van der Waals surface area contributed by atoms with Crippen molar-refractivity contribution in [2.45, 2.75) is 6.54 Å². The third-order valence-electron chi connectivity index (χ3n) is 3.29. The Kier molecular flexibility index (Phi) is 4.00. The molecule has 0 radical (unpaired) electrons. The average Bonchev–Trinajstić information content (AvgIpc) is 3.00. The van der Waals surface area contributed by atoms with Crippen molar-refractivity contribution in [1.82, 2.24) is 20.0 Å². The van der Waals surface area contributed by atoms with Crippen molar-refractivity contribution in [3.05, 3.63) is 54.4 Å². The molecule has 0 spiro atoms. The van der Waals surface area contributed by atoms with Crippen molar-refractivity contribution in [2.75, 3.05) is 12.4 Å². The van der Waals surface area contributed by atoms with Gasteiger partial charge in [-0.2, -0.15) is 5.10 Å². The standard InChI is InChI=1S/C16H17N5O/c1-21-11-14(10-18-21)13-5-3-4-12(8-13)9-17-15-6-7-16(22-2)20-19-15/h3-8,10-11H,9H2,1-2H3,(H,17,19). The van der Waals surface area contributed by atoms with Crippen LogP contribution >= 0.6 is 0 Å². The van der Waals surface area contributed by atoms with Gasteiger partial charge in [0.15, 0.2) is 0 Å². The van der Waals surface area contributed by atoms with Crippen LogP contribution in [0.4, 0.5) is 5.82 Å². The van der Waals surface area contributed by atoms with E-state index in [0.29, 0.717) is 18.2 Å². The first-order chi connectivity index (χ1) is 10.7. The number of rotatable bonds is 5. The van der Waals surface area contributed by atoms with Gasteiger partial charge in [0, 0.05) is 31.4 Å². The first kappa shape index (κ1) is 14.1. The molecule has 0 aliphatic carbocycles. The van der Waals surface area contributed by atoms with Crippen molar-refractivity contribution in [2.24, 2.45) is 7.05 Å². The van der Waals surface area contributed by atoms with Crippen LogP contribution in [0.3, 0.4) is 0 Å². The summed E-state index contributed by atoms with van der Waals surface area (Å²) in [5, 5.41) is 15.4. The van der Waals surface area contributed by atoms with Crippen molar-refractivity contribution in [3.8, 4) is 17.0 Å². The van der Waals surface area contributed by atoms with Crippen LogP contribution in [0.5, 0.6) is 5.88 Å². The molecule has 0 unspecified atom stereocenters. The lowest BCUT2D eigenvalue weighted by atomic mass is 10.1. The number of hydrogen-bond acceptors (Lipinski definition) is 5. The van der Waals surface area contributed by atoms with E-state index in [9.17, 15) is 0 Å². The molecule has 2 aromatic heterocycles. The summed E-state index contributed by atoms with van der Waals surface area (Å²) in [4.78, 5) is 0. The number of anilines is 1. The van der Waals surface area contributed by atoms with Gasteiger partial charge in [-0.3, -0.25) is 4.68 Å². The van der Waals surface area contributed by atoms with Gasteiger partial charge in [-0.05, 0) is 23.3 Å². The van der Waals surface area contributed by atoms with E-state index in [2.05, 4.69) is 38.8 Å². The molecule has 1 N–H and O–H groups in total. The van der Waals surface area contributed by atoms with Crippen molar-refractivity contribution < 1.29 is 4.74 Å². The average molecular weight is 295 g/mol. The molecule has 0 aliphatic heterocycles. The number of ether oxygens (including phenoxy) is 1. The molecule has 1 aromatic carbocycles. The number of nitrogens with zero attached hydrogens (tertiary/aromatic N) is 4. The summed E-state index contributed by atoms with van der Waals surface area (Å²) in [5.74, 6) is 1.22. The maximum absolute atomic E-state index is 4.99. The Morgan fingerprint density at radius 1 is 1.14 bits per heavy atom. The third-order valence-corrected chi connectivity index (χ3v) is 3.29. The molecule has 0 saturated carbocycles. The van der Waals surface area contributed by atoms with E-state index >= 15 is 0 Å². The molecular formula is C16H17N5O. The molecule has 112 valence electrons. The lowest BCUT2D eigenvalue weighted by molar-refractivity contribution is 0.392. The predicted molar refractivity (Wildman–Crippen MR) is 84.6 cm³/mol. The number of methoxy groups -OCH3 is 1. The van der Waals surface area contributed by atoms with Gasteiger partial charge in [-0.15, -0.1) is 10.2 Å². The minimum absolute atomic E-state index is 0.504. The molecule has 6 nitrogen and oxygen atoms in total. The predicted octanol–water partition coefficient (Wildman–Crippen LogP) is 2.50. The molecule has 22 heavy (non-hydrogen) atoms. The van der Waals surface area contributed by atoms with Crippen LogP contribution in [0, 0.1) is 0 Å². The van der Waals surface area contributed by atoms with Crippen molar-refractivity contribution in [1.29, 1.82) is 0 Å². The summed E-state index contributed by atoms with van der Waals surface area (Å²) in [6.45, 7) is 0.676. The molecule has 0 saturated heterocycles. The first-order valence-electron chi connectivity index (χ1n) is 6.94. The lowest BCUT2D eigenvalue weighted by Gasteiger charge is -2.07. The maximum Gasteiger partial charge on any atom is 0.233 e. The van der Waals surface area contributed by atoms with E-state index < -0.39 is 0 Å². The Morgan fingerprint density at radius 3 is 2.73 bits per heavy atom. The molecule has 3 aromatic rings. The summed E-state index contributed by atoms with van der Waals surface area (Å²) < 4.78 is 6.79. The molecular weight excluding hydrogens is 278 g/mol. The fourth-order valence-corrected chi connectivity index (χ4v) is 2.15. The third kappa shape index (κ3) is 3.22. The molecule has 0 fully saturated rings. The van der Waals surface area contributed by atoms with Crippen LogP contribution in [-0.4, -0.2) is 27.1 Å². The molecule has 0 aliphatic rings. The van der Waals surface area contributed by atoms with Gasteiger partial charge in [0.2, 0.25) is 5.88 Å². The number of nitrogens with one attached hydrogen (secondary N) is 1. The van der Waals surface area contributed by atoms with E-state index in [-0.39, 0.29) is 0 Å². The van der Waals surface area contributed by atoms with Gasteiger partial charge >= 0.3 is 0 Å². The van der Waals surface area contributed by atoms with Crippen LogP contribution in [0.15, 0.2) is 48.8 Å². The fourth-order valence-electron chi connectivity index (χ4n) is 2.15. The van der Waals surface area contributed by atoms with Gasteiger partial charge in [0.1, 0.15) is 5.82 Å². The quantitative estimate of drug-likeness (QED) is 0.783. The summed E-state index contributed by atoms with van der Waals surface area (Å²) >= 11 is 0. The summed E-state index contributed by atoms with van der Waals surface area (Å²) in [5.41, 5.74) is 3.42. The monoisotopic (exact) mass is 295 g/mol. The highest BCUT2D eigenvalue weighted by atomic mass is 16.5. The van der Waals surface area contributed by atoms with E-state index in [0.717, 1.165) is 11.1 Å². The van der Waals surface area contributed by atoms with Gasteiger partial charge in [-0.1, -0.05) is 18.2 Å². The van der Waals surface area contributed by atoms with Crippen LogP contribution in [0.1, 0.15) is 5.56 Å². The Morgan fingerprint density at radius 2 is 2.05 bits per heavy atom. The zero-order valence-electron chi connectivity index (χ0n) is 12.5. The summed E-state index contributed by atoms with van der Waals surface area (Å²) in [6, 6.07) is 12.0. The molecule has 0 atom stereocenters. The molecule has 3 rings (SSSR count). The summed E-state index contributed by atoms with van der Waals surface area (Å²) in [6.07, 6.45) is 3.86. The lowest BCUT2D eigenvalue weighted by Crippen LogP contribution is -2.02. The van der Waals surface area contributed by atoms with Gasteiger partial charge in [0.25, 0.3) is 0 Å². The van der Waals surface area contributed by atoms with Crippen LogP contribution in [-0.2, 0) is 13.6 Å². The second kappa shape index (κ2) is 6.26. The molecule has 2 heterocycles. The summed E-state index contributed by atoms with van der Waals surface area (Å²) in [7, 11) is 3.48. The van der Waals surface area contributed by atoms with E-state index in [4.69, 9.17) is 4.74 Å². The first-order valence-corrected chi connectivity index (χ1v) is 6.94. The topological polar surface area (TPSA) is 64.9 Å². The number of hydrogen-bond donors (Lipinski definition) is 1. The molecule has 0 bridgehead atoms. The minimum Gasteiger partial charge on any atom is -0.480 e. The Labute approximate surface area is 128 Å². The van der Waals surface area contributed by atoms with E-state index in [1.165, 1.54) is 5.56 Å². The highest BCUT2D eigenvalue weighted by Crippen LogP contribution is 2.20. The van der Waals surface area contributed by atoms with Crippen LogP contribution < -0.4 is 10.1 Å². The number of aryl methyl sites for hydroxylation is 1. The van der Waals surface area contributed by atoms with Gasteiger partial charge in [-0.25, -0.2) is 0 Å². The van der Waals surface area contributed by atoms with E-state index in [1.54, 1.807) is 17.9 Å². The Hall–Kier alpha value is -2.89. The SMILES string of the molecule is COc1ccc(NCc2cccc(-c3cnn(C)c3)c2)nn1. The normalized spacial score (nSPS) is 10.5. The molecule has 0 amide bonds. The van der Waals surface area contributed by atoms with Crippen LogP contribution in [0.25, 0.3) is 11.1 Å². The highest BCUT2D eigenvalue weighted by molar-refractivity contribution is 5.62. The smallest absolute Gasteiger partial charge is 0.233 e. The second-order valence-electron chi connectivity index (χ2n) is 4.92. The zero-order chi connectivity index (χ0) is 15.4. The van der Waals surface area contributed by atoms with Crippen LogP contribution in [0.2, 0.25) is 0 Å². The zero-order valence-corrected chi connectivity index (χ0v) is 12.5. The highest BCUT2D eigenvalue weighted by Gasteiger charge is 2.02. The maximum atomic E-state index is 4.99. The largest absolute Gasteiger partial charge is 0.480 e. The minimum atomic E-state index is 0.504.